The summed E-state index contributed by atoms with van der Waals surface area (Å²) in [5.41, 5.74) is 1.59. The number of rotatable bonds is 3. The van der Waals surface area contributed by atoms with E-state index in [2.05, 4.69) is 4.98 Å². The van der Waals surface area contributed by atoms with E-state index in [-0.39, 0.29) is 11.3 Å². The molecule has 0 atom stereocenters. The molecular formula is C14H17NO3. The van der Waals surface area contributed by atoms with Crippen LogP contribution in [0.5, 0.6) is 11.5 Å². The van der Waals surface area contributed by atoms with Crippen LogP contribution in [0.3, 0.4) is 0 Å². The van der Waals surface area contributed by atoms with Crippen molar-refractivity contribution in [3.8, 4) is 11.5 Å². The summed E-state index contributed by atoms with van der Waals surface area (Å²) in [5, 5.41) is 0.579. The van der Waals surface area contributed by atoms with Gasteiger partial charge >= 0.3 is 0 Å². The van der Waals surface area contributed by atoms with E-state index >= 15 is 0 Å². The Morgan fingerprint density at radius 1 is 1.11 bits per heavy atom. The molecule has 1 heterocycles. The van der Waals surface area contributed by atoms with Gasteiger partial charge in [0.1, 0.15) is 11.5 Å². The van der Waals surface area contributed by atoms with Gasteiger partial charge in [-0.15, -0.1) is 0 Å². The molecule has 1 N–H and O–H groups in total. The molecule has 0 unspecified atom stereocenters. The van der Waals surface area contributed by atoms with Crippen LogP contribution >= 0.6 is 0 Å². The minimum Gasteiger partial charge on any atom is -0.497 e. The van der Waals surface area contributed by atoms with Crippen molar-refractivity contribution in [1.82, 2.24) is 4.98 Å². The standard InChI is InChI=1S/C14H17NO3/c1-8(2)11-7-12(16)10-5-9(17-3)6-13(18-4)14(10)15-11/h5-8H,1-4H3,(H,15,16). The van der Waals surface area contributed by atoms with Crippen LogP contribution in [0, 0.1) is 0 Å². The Labute approximate surface area is 106 Å². The number of aromatic amines is 1. The lowest BCUT2D eigenvalue weighted by molar-refractivity contribution is 0.397. The van der Waals surface area contributed by atoms with E-state index in [1.165, 1.54) is 0 Å². The number of nitrogens with one attached hydrogen (secondary N) is 1. The first kappa shape index (κ1) is 12.5. The van der Waals surface area contributed by atoms with Gasteiger partial charge in [-0.3, -0.25) is 4.79 Å². The fraction of sp³-hybridized carbons (Fsp3) is 0.357. The third-order valence-electron chi connectivity index (χ3n) is 2.97. The normalized spacial score (nSPS) is 10.9. The summed E-state index contributed by atoms with van der Waals surface area (Å²) in [4.78, 5) is 15.4. The minimum absolute atomic E-state index is 0.0235. The molecule has 0 aliphatic rings. The molecule has 1 aromatic carbocycles. The van der Waals surface area contributed by atoms with Crippen LogP contribution in [-0.4, -0.2) is 19.2 Å². The molecule has 2 aromatic rings. The molecule has 0 amide bonds. The zero-order valence-corrected chi connectivity index (χ0v) is 11.0. The zero-order valence-electron chi connectivity index (χ0n) is 11.0. The molecule has 0 bridgehead atoms. The van der Waals surface area contributed by atoms with Gasteiger partial charge in [0.2, 0.25) is 0 Å². The molecule has 4 heteroatoms. The van der Waals surface area contributed by atoms with Crippen molar-refractivity contribution in [2.75, 3.05) is 14.2 Å². The highest BCUT2D eigenvalue weighted by Gasteiger charge is 2.11. The lowest BCUT2D eigenvalue weighted by Crippen LogP contribution is -2.07. The number of methoxy groups -OCH3 is 2. The zero-order chi connectivity index (χ0) is 13.3. The second kappa shape index (κ2) is 4.72. The van der Waals surface area contributed by atoms with Crippen molar-refractivity contribution >= 4 is 10.9 Å². The maximum atomic E-state index is 12.1. The molecule has 0 aliphatic heterocycles. The topological polar surface area (TPSA) is 51.3 Å². The van der Waals surface area contributed by atoms with Crippen LogP contribution in [0.15, 0.2) is 23.0 Å². The Kier molecular flexibility index (Phi) is 3.28. The van der Waals surface area contributed by atoms with Gasteiger partial charge in [-0.05, 0) is 12.0 Å². The van der Waals surface area contributed by atoms with Gasteiger partial charge in [0, 0.05) is 17.8 Å². The van der Waals surface area contributed by atoms with E-state index in [1.807, 2.05) is 13.8 Å². The average molecular weight is 247 g/mol. The van der Waals surface area contributed by atoms with Crippen LogP contribution in [0.25, 0.3) is 10.9 Å². The van der Waals surface area contributed by atoms with Crippen molar-refractivity contribution in [3.05, 3.63) is 34.1 Å². The Morgan fingerprint density at radius 2 is 1.83 bits per heavy atom. The molecule has 1 aromatic heterocycles. The second-order valence-electron chi connectivity index (χ2n) is 4.50. The van der Waals surface area contributed by atoms with E-state index < -0.39 is 0 Å². The van der Waals surface area contributed by atoms with E-state index in [4.69, 9.17) is 9.47 Å². The average Bonchev–Trinajstić information content (AvgIpc) is 2.37. The van der Waals surface area contributed by atoms with Crippen LogP contribution in [0.1, 0.15) is 25.5 Å². The van der Waals surface area contributed by atoms with Gasteiger partial charge in [0.15, 0.2) is 5.43 Å². The number of benzene rings is 1. The summed E-state index contributed by atoms with van der Waals surface area (Å²) in [6, 6.07) is 5.12. The first-order chi connectivity index (χ1) is 8.56. The van der Waals surface area contributed by atoms with E-state index in [0.717, 1.165) is 11.2 Å². The Bertz CT molecular complexity index is 629. The minimum atomic E-state index is -0.0235. The largest absolute Gasteiger partial charge is 0.497 e. The smallest absolute Gasteiger partial charge is 0.189 e. The highest BCUT2D eigenvalue weighted by atomic mass is 16.5. The number of ether oxygens (including phenoxy) is 2. The van der Waals surface area contributed by atoms with Crippen molar-refractivity contribution in [2.24, 2.45) is 0 Å². The number of fused-ring (bicyclic) bond motifs is 1. The molecule has 0 radical (unpaired) electrons. The third kappa shape index (κ3) is 2.06. The number of H-pyrrole nitrogens is 1. The van der Waals surface area contributed by atoms with Crippen LogP contribution in [0.4, 0.5) is 0 Å². The Hall–Kier alpha value is -1.97. The van der Waals surface area contributed by atoms with Crippen molar-refractivity contribution in [3.63, 3.8) is 0 Å². The van der Waals surface area contributed by atoms with Crippen molar-refractivity contribution in [2.45, 2.75) is 19.8 Å². The molecule has 0 saturated carbocycles. The van der Waals surface area contributed by atoms with Crippen molar-refractivity contribution < 1.29 is 9.47 Å². The number of pyridine rings is 1. The summed E-state index contributed by atoms with van der Waals surface area (Å²) in [7, 11) is 3.14. The second-order valence-corrected chi connectivity index (χ2v) is 4.50. The van der Waals surface area contributed by atoms with Gasteiger partial charge in [0.25, 0.3) is 0 Å². The monoisotopic (exact) mass is 247 g/mol. The SMILES string of the molecule is COc1cc(OC)c2[nH]c(C(C)C)cc(=O)c2c1. The number of hydrogen-bond acceptors (Lipinski definition) is 3. The summed E-state index contributed by atoms with van der Waals surface area (Å²) >= 11 is 0. The van der Waals surface area contributed by atoms with E-state index in [9.17, 15) is 4.79 Å². The highest BCUT2D eigenvalue weighted by molar-refractivity contribution is 5.86. The van der Waals surface area contributed by atoms with Gasteiger partial charge in [-0.2, -0.15) is 0 Å². The van der Waals surface area contributed by atoms with Crippen LogP contribution in [-0.2, 0) is 0 Å². The van der Waals surface area contributed by atoms with Gasteiger partial charge < -0.3 is 14.5 Å². The molecular weight excluding hydrogens is 230 g/mol. The first-order valence-electron chi connectivity index (χ1n) is 5.85. The lowest BCUT2D eigenvalue weighted by Gasteiger charge is -2.11. The van der Waals surface area contributed by atoms with E-state index in [0.29, 0.717) is 16.9 Å². The maximum absolute atomic E-state index is 12.1. The molecule has 96 valence electrons. The molecule has 4 nitrogen and oxygen atoms in total. The van der Waals surface area contributed by atoms with Crippen LogP contribution < -0.4 is 14.9 Å². The fourth-order valence-corrected chi connectivity index (χ4v) is 1.90. The molecule has 0 spiro atoms. The predicted octanol–water partition coefficient (Wildman–Crippen LogP) is 2.67. The summed E-state index contributed by atoms with van der Waals surface area (Å²) in [6.07, 6.45) is 0. The number of hydrogen-bond donors (Lipinski definition) is 1. The lowest BCUT2D eigenvalue weighted by atomic mass is 10.1. The fourth-order valence-electron chi connectivity index (χ4n) is 1.90. The maximum Gasteiger partial charge on any atom is 0.189 e. The van der Waals surface area contributed by atoms with Gasteiger partial charge in [-0.25, -0.2) is 0 Å². The molecule has 2 rings (SSSR count). The predicted molar refractivity (Wildman–Crippen MR) is 71.8 cm³/mol. The van der Waals surface area contributed by atoms with Crippen LogP contribution in [0.2, 0.25) is 0 Å². The highest BCUT2D eigenvalue weighted by Crippen LogP contribution is 2.28. The van der Waals surface area contributed by atoms with E-state index in [1.54, 1.807) is 32.4 Å². The summed E-state index contributed by atoms with van der Waals surface area (Å²) < 4.78 is 10.5. The molecule has 0 fully saturated rings. The molecule has 0 aliphatic carbocycles. The molecule has 0 saturated heterocycles. The Balaban J connectivity index is 2.83. The first-order valence-corrected chi connectivity index (χ1v) is 5.85. The molecule has 18 heavy (non-hydrogen) atoms. The third-order valence-corrected chi connectivity index (χ3v) is 2.97. The summed E-state index contributed by atoms with van der Waals surface area (Å²) in [5.74, 6) is 1.49. The van der Waals surface area contributed by atoms with Gasteiger partial charge in [-0.1, -0.05) is 13.8 Å². The quantitative estimate of drug-likeness (QED) is 0.907. The Morgan fingerprint density at radius 3 is 2.39 bits per heavy atom. The summed E-state index contributed by atoms with van der Waals surface area (Å²) in [6.45, 7) is 4.07. The van der Waals surface area contributed by atoms with Crippen molar-refractivity contribution in [1.29, 1.82) is 0 Å². The van der Waals surface area contributed by atoms with Gasteiger partial charge in [0.05, 0.1) is 25.1 Å². The number of aromatic nitrogens is 1.